The molecule has 6 nitrogen and oxygen atoms in total. The molecular weight excluding hydrogens is 640 g/mol. The number of carbonyl (C=O) groups excluding carboxylic acids is 2. The monoisotopic (exact) mass is 673 g/mol. The van der Waals surface area contributed by atoms with Gasteiger partial charge in [-0.25, -0.2) is 4.90 Å². The van der Waals surface area contributed by atoms with Crippen LogP contribution in [0.1, 0.15) is 55.7 Å². The van der Waals surface area contributed by atoms with Crippen molar-refractivity contribution in [3.8, 4) is 5.75 Å². The van der Waals surface area contributed by atoms with E-state index in [1.807, 2.05) is 30.3 Å². The largest absolute Gasteiger partial charge is 0.507 e. The van der Waals surface area contributed by atoms with Crippen LogP contribution < -0.4 is 4.90 Å². The van der Waals surface area contributed by atoms with Gasteiger partial charge in [0.15, 0.2) is 0 Å². The van der Waals surface area contributed by atoms with Gasteiger partial charge in [0, 0.05) is 11.3 Å². The third-order valence-electron chi connectivity index (χ3n) is 9.62. The molecule has 2 heterocycles. The quantitative estimate of drug-likeness (QED) is 0.144. The number of amides is 2. The number of imide groups is 1. The van der Waals surface area contributed by atoms with Crippen LogP contribution in [0.3, 0.4) is 0 Å². The maximum atomic E-state index is 13.8. The number of aromatic hydroxyl groups is 1. The first kappa shape index (κ1) is 33.7. The number of nitrogens with zero attached hydrogens (tertiary/aromatic N) is 1. The number of aliphatic hydroxyl groups is 1. The highest BCUT2D eigenvalue weighted by Gasteiger charge is 2.57. The second-order valence-electron chi connectivity index (χ2n) is 12.6. The molecule has 2 saturated heterocycles. The van der Waals surface area contributed by atoms with Gasteiger partial charge >= 0.3 is 12.4 Å². The lowest BCUT2D eigenvalue weighted by atomic mass is 9.69. The minimum atomic E-state index is -5.15. The number of benzene rings is 3. The molecule has 4 atom stereocenters. The second-order valence-corrected chi connectivity index (χ2v) is 12.6. The first-order chi connectivity index (χ1) is 22.7. The number of fused-ring (bicyclic) bond motifs is 4. The lowest BCUT2D eigenvalue weighted by Crippen LogP contribution is -2.35. The van der Waals surface area contributed by atoms with Crippen LogP contribution >= 0.6 is 0 Å². The fourth-order valence-electron chi connectivity index (χ4n) is 7.50. The van der Waals surface area contributed by atoms with Gasteiger partial charge in [-0.05, 0) is 72.0 Å². The molecule has 2 fully saturated rings. The standard InChI is InChI=1S/C36H33F6NO5/c1-2-5-19(12-20-9-10-29(45)26-7-4-3-6-25(20)26)8-11-30-31-21(17-44)13-27-32(28(31)18-48-30)34(47)43(33(27)46)24-15-22(35(37,38)39)14-23(16-24)36(40,41)42/h3-4,6-7,9-10,12,14-16,27-28,30,32,44-45H,2,5,8,11,13,17-18H2,1H3/b19-12+/t27-,28+,30-,32-/m1/s1. The Hall–Kier alpha value is -4.16. The van der Waals surface area contributed by atoms with E-state index in [9.17, 15) is 46.1 Å². The Morgan fingerprint density at radius 3 is 2.21 bits per heavy atom. The minimum absolute atomic E-state index is 0.0172. The van der Waals surface area contributed by atoms with Crippen LogP contribution in [0.2, 0.25) is 0 Å². The van der Waals surface area contributed by atoms with Gasteiger partial charge in [0.25, 0.3) is 0 Å². The first-order valence-electron chi connectivity index (χ1n) is 15.7. The average Bonchev–Trinajstić information content (AvgIpc) is 3.57. The number of phenols is 1. The molecule has 0 aromatic heterocycles. The lowest BCUT2D eigenvalue weighted by molar-refractivity contribution is -0.143. The molecule has 2 aliphatic heterocycles. The Morgan fingerprint density at radius 2 is 1.58 bits per heavy atom. The van der Waals surface area contributed by atoms with E-state index in [-0.39, 0.29) is 24.8 Å². The number of hydrogen-bond donors (Lipinski definition) is 2. The van der Waals surface area contributed by atoms with Crippen LogP contribution in [-0.4, -0.2) is 41.3 Å². The van der Waals surface area contributed by atoms with Crippen molar-refractivity contribution in [3.05, 3.63) is 88.0 Å². The van der Waals surface area contributed by atoms with Crippen molar-refractivity contribution in [2.24, 2.45) is 17.8 Å². The van der Waals surface area contributed by atoms with E-state index in [1.165, 1.54) is 0 Å². The summed E-state index contributed by atoms with van der Waals surface area (Å²) in [5, 5.41) is 22.3. The van der Waals surface area contributed by atoms with Crippen LogP contribution in [0.4, 0.5) is 32.0 Å². The SMILES string of the molecule is CCC/C(=C\c1ccc(O)c2ccccc12)CC[C@H]1OC[C@H]2C1=C(CO)C[C@H]1C(=O)N(c3cc(C(F)(F)F)cc(C(F)(F)F)c3)C(=O)[C@H]12. The maximum absolute atomic E-state index is 13.8. The Morgan fingerprint density at radius 1 is 0.917 bits per heavy atom. The zero-order valence-electron chi connectivity index (χ0n) is 25.9. The van der Waals surface area contributed by atoms with Gasteiger partial charge in [-0.2, -0.15) is 26.3 Å². The molecule has 3 aromatic rings. The predicted molar refractivity (Wildman–Crippen MR) is 166 cm³/mol. The van der Waals surface area contributed by atoms with Crippen LogP contribution in [0.25, 0.3) is 16.8 Å². The Bertz CT molecular complexity index is 1800. The van der Waals surface area contributed by atoms with Crippen molar-refractivity contribution in [1.82, 2.24) is 0 Å². The molecule has 0 bridgehead atoms. The maximum Gasteiger partial charge on any atom is 0.416 e. The Labute approximate surface area is 272 Å². The minimum Gasteiger partial charge on any atom is -0.507 e. The Balaban J connectivity index is 1.27. The van der Waals surface area contributed by atoms with Crippen LogP contribution in [0.15, 0.2) is 71.3 Å². The van der Waals surface area contributed by atoms with Gasteiger partial charge in [-0.3, -0.25) is 9.59 Å². The highest BCUT2D eigenvalue weighted by molar-refractivity contribution is 6.22. The lowest BCUT2D eigenvalue weighted by Gasteiger charge is -2.31. The number of aliphatic hydroxyl groups excluding tert-OH is 1. The molecule has 1 aliphatic carbocycles. The molecule has 3 aliphatic rings. The normalized spacial score (nSPS) is 23.3. The second kappa shape index (κ2) is 12.7. The zero-order valence-corrected chi connectivity index (χ0v) is 25.9. The molecule has 0 spiro atoms. The summed E-state index contributed by atoms with van der Waals surface area (Å²) in [6.07, 6.45) is -6.06. The topological polar surface area (TPSA) is 87.1 Å². The summed E-state index contributed by atoms with van der Waals surface area (Å²) in [5.41, 5.74) is -0.823. The fourth-order valence-corrected chi connectivity index (χ4v) is 7.50. The third-order valence-corrected chi connectivity index (χ3v) is 9.62. The highest BCUT2D eigenvalue weighted by Crippen LogP contribution is 2.51. The van der Waals surface area contributed by atoms with E-state index in [0.29, 0.717) is 41.0 Å². The molecular formula is C36H33F6NO5. The van der Waals surface area contributed by atoms with Crippen molar-refractivity contribution in [2.45, 2.75) is 57.5 Å². The summed E-state index contributed by atoms with van der Waals surface area (Å²) in [5.74, 6) is -4.38. The van der Waals surface area contributed by atoms with Crippen molar-refractivity contribution < 1.29 is 50.9 Å². The van der Waals surface area contributed by atoms with Crippen molar-refractivity contribution >= 4 is 34.4 Å². The van der Waals surface area contributed by atoms with E-state index in [1.54, 1.807) is 6.07 Å². The average molecular weight is 674 g/mol. The molecule has 254 valence electrons. The van der Waals surface area contributed by atoms with Crippen LogP contribution in [-0.2, 0) is 26.7 Å². The molecule has 0 unspecified atom stereocenters. The van der Waals surface area contributed by atoms with E-state index in [0.717, 1.165) is 34.8 Å². The van der Waals surface area contributed by atoms with Crippen molar-refractivity contribution in [1.29, 1.82) is 0 Å². The zero-order chi connectivity index (χ0) is 34.5. The number of carbonyl (C=O) groups is 2. The number of ether oxygens (including phenoxy) is 1. The van der Waals surface area contributed by atoms with E-state index < -0.39 is 71.4 Å². The summed E-state index contributed by atoms with van der Waals surface area (Å²) >= 11 is 0. The van der Waals surface area contributed by atoms with E-state index in [2.05, 4.69) is 13.0 Å². The number of allylic oxidation sites excluding steroid dienone is 1. The van der Waals surface area contributed by atoms with Gasteiger partial charge in [0.1, 0.15) is 5.75 Å². The number of rotatable bonds is 8. The summed E-state index contributed by atoms with van der Waals surface area (Å²) in [4.78, 5) is 27.8. The number of hydrogen-bond acceptors (Lipinski definition) is 5. The van der Waals surface area contributed by atoms with E-state index in [4.69, 9.17) is 4.74 Å². The fraction of sp³-hybridized carbons (Fsp3) is 0.389. The highest BCUT2D eigenvalue weighted by atomic mass is 19.4. The van der Waals surface area contributed by atoms with E-state index >= 15 is 0 Å². The van der Waals surface area contributed by atoms with Gasteiger partial charge < -0.3 is 14.9 Å². The van der Waals surface area contributed by atoms with Crippen molar-refractivity contribution in [3.63, 3.8) is 0 Å². The van der Waals surface area contributed by atoms with Gasteiger partial charge in [-0.1, -0.05) is 55.3 Å². The molecule has 3 aromatic carbocycles. The van der Waals surface area contributed by atoms with Gasteiger partial charge in [0.05, 0.1) is 48.0 Å². The molecule has 6 rings (SSSR count). The summed E-state index contributed by atoms with van der Waals surface area (Å²) in [6, 6.07) is 11.7. The van der Waals surface area contributed by atoms with Gasteiger partial charge in [0.2, 0.25) is 11.8 Å². The number of halogens is 6. The third kappa shape index (κ3) is 6.11. The summed E-state index contributed by atoms with van der Waals surface area (Å²) in [7, 11) is 0. The number of alkyl halides is 6. The molecule has 48 heavy (non-hydrogen) atoms. The summed E-state index contributed by atoms with van der Waals surface area (Å²) in [6.45, 7) is 1.63. The molecule has 0 saturated carbocycles. The molecule has 2 amide bonds. The number of phenolic OH excluding ortho intramolecular Hbond substituents is 1. The first-order valence-corrected chi connectivity index (χ1v) is 15.7. The number of anilines is 1. The van der Waals surface area contributed by atoms with Crippen LogP contribution in [0.5, 0.6) is 5.75 Å². The Kier molecular flexibility index (Phi) is 8.93. The van der Waals surface area contributed by atoms with Crippen molar-refractivity contribution in [2.75, 3.05) is 18.1 Å². The van der Waals surface area contributed by atoms with Crippen LogP contribution in [0, 0.1) is 17.8 Å². The summed E-state index contributed by atoms with van der Waals surface area (Å²) < 4.78 is 87.7. The molecule has 2 N–H and O–H groups in total. The molecule has 12 heteroatoms. The van der Waals surface area contributed by atoms with Gasteiger partial charge in [-0.15, -0.1) is 0 Å². The smallest absolute Gasteiger partial charge is 0.416 e. The predicted octanol–water partition coefficient (Wildman–Crippen LogP) is 8.06. The molecule has 0 radical (unpaired) electrons.